The molecule has 1 aromatic carbocycles. The van der Waals surface area contributed by atoms with Crippen LogP contribution in [0.1, 0.15) is 49.0 Å². The molecule has 3 heterocycles. The summed E-state index contributed by atoms with van der Waals surface area (Å²) < 4.78 is 67.9. The number of benzene rings is 1. The lowest BCUT2D eigenvalue weighted by atomic mass is 9.61. The Kier molecular flexibility index (Phi) is 5.38. The normalized spacial score (nSPS) is 22.3. The Morgan fingerprint density at radius 2 is 1.86 bits per heavy atom. The first-order valence-corrected chi connectivity index (χ1v) is 13.6. The fraction of sp³-hybridized carbons (Fsp3) is 0.609. The summed E-state index contributed by atoms with van der Waals surface area (Å²) in [4.78, 5) is 20.3. The van der Waals surface area contributed by atoms with Gasteiger partial charge in [0.25, 0.3) is 0 Å². The number of nitrogens with one attached hydrogen (secondary N) is 1. The maximum atomic E-state index is 12.9. The first kappa shape index (κ1) is 23.7. The van der Waals surface area contributed by atoms with Crippen molar-refractivity contribution >= 4 is 16.1 Å². The number of likely N-dealkylation sites (tertiary alicyclic amines) is 2. The molecule has 0 bridgehead atoms. The SMILES string of the molecule is O=C(N1CC(CNS(=O)(=O)c2cccc(C(F)(F)F)c2)C1)N1CC2(CC(n3cnc(C4CC4)n3)C2)C1. The second kappa shape index (κ2) is 8.17. The predicted molar refractivity (Wildman–Crippen MR) is 121 cm³/mol. The molecule has 1 N–H and O–H groups in total. The minimum atomic E-state index is -4.62. The number of urea groups is 1. The van der Waals surface area contributed by atoms with Crippen LogP contribution in [-0.2, 0) is 16.2 Å². The zero-order chi connectivity index (χ0) is 25.3. The first-order valence-electron chi connectivity index (χ1n) is 12.1. The summed E-state index contributed by atoms with van der Waals surface area (Å²) in [7, 11) is -4.08. The van der Waals surface area contributed by atoms with E-state index in [1.165, 1.54) is 12.8 Å². The number of halogens is 3. The van der Waals surface area contributed by atoms with E-state index >= 15 is 0 Å². The Hall–Kier alpha value is -2.67. The van der Waals surface area contributed by atoms with Gasteiger partial charge < -0.3 is 9.80 Å². The molecule has 2 saturated heterocycles. The molecule has 2 saturated carbocycles. The number of hydrogen-bond acceptors (Lipinski definition) is 5. The molecule has 0 radical (unpaired) electrons. The molecule has 194 valence electrons. The van der Waals surface area contributed by atoms with Gasteiger partial charge in [-0.05, 0) is 43.9 Å². The van der Waals surface area contributed by atoms with Crippen molar-refractivity contribution in [3.05, 3.63) is 42.0 Å². The maximum absolute atomic E-state index is 12.9. The van der Waals surface area contributed by atoms with Gasteiger partial charge in [-0.25, -0.2) is 27.6 Å². The van der Waals surface area contributed by atoms with Crippen LogP contribution in [0.4, 0.5) is 18.0 Å². The van der Waals surface area contributed by atoms with Crippen LogP contribution in [0.2, 0.25) is 0 Å². The highest BCUT2D eigenvalue weighted by atomic mass is 32.2. The Balaban J connectivity index is 0.935. The number of alkyl halides is 3. The van der Waals surface area contributed by atoms with E-state index in [0.29, 0.717) is 31.1 Å². The van der Waals surface area contributed by atoms with Crippen molar-refractivity contribution in [1.82, 2.24) is 29.3 Å². The van der Waals surface area contributed by atoms with E-state index in [1.807, 2.05) is 15.9 Å². The van der Waals surface area contributed by atoms with Crippen molar-refractivity contribution in [1.29, 1.82) is 0 Å². The van der Waals surface area contributed by atoms with E-state index in [4.69, 9.17) is 0 Å². The summed E-state index contributed by atoms with van der Waals surface area (Å²) in [6, 6.07) is 3.96. The number of sulfonamides is 1. The lowest BCUT2D eigenvalue weighted by Gasteiger charge is -2.60. The van der Waals surface area contributed by atoms with Gasteiger partial charge in [-0.3, -0.25) is 0 Å². The van der Waals surface area contributed by atoms with Crippen molar-refractivity contribution in [2.75, 3.05) is 32.7 Å². The monoisotopic (exact) mass is 524 g/mol. The van der Waals surface area contributed by atoms with Crippen LogP contribution in [-0.4, -0.2) is 71.7 Å². The van der Waals surface area contributed by atoms with Crippen LogP contribution in [0.5, 0.6) is 0 Å². The summed E-state index contributed by atoms with van der Waals surface area (Å²) in [6.07, 6.45) is 1.54. The number of aromatic nitrogens is 3. The fourth-order valence-electron chi connectivity index (χ4n) is 5.48. The third-order valence-electron chi connectivity index (χ3n) is 7.76. The molecule has 9 nitrogen and oxygen atoms in total. The van der Waals surface area contributed by atoms with E-state index in [-0.39, 0.29) is 23.9 Å². The summed E-state index contributed by atoms with van der Waals surface area (Å²) >= 11 is 0. The molecule has 0 atom stereocenters. The molecule has 0 unspecified atom stereocenters. The average molecular weight is 525 g/mol. The lowest BCUT2D eigenvalue weighted by Crippen LogP contribution is -2.68. The molecule has 2 amide bonds. The van der Waals surface area contributed by atoms with Crippen molar-refractivity contribution in [3.8, 4) is 0 Å². The first-order chi connectivity index (χ1) is 17.0. The fourth-order valence-corrected chi connectivity index (χ4v) is 6.64. The molecule has 4 aliphatic rings. The Morgan fingerprint density at radius 3 is 2.53 bits per heavy atom. The van der Waals surface area contributed by atoms with Gasteiger partial charge in [0.15, 0.2) is 5.82 Å². The molecule has 13 heteroatoms. The third-order valence-corrected chi connectivity index (χ3v) is 9.19. The average Bonchev–Trinajstić information content (AvgIpc) is 3.48. The highest BCUT2D eigenvalue weighted by Gasteiger charge is 2.55. The maximum Gasteiger partial charge on any atom is 0.416 e. The van der Waals surface area contributed by atoms with Gasteiger partial charge in [0.2, 0.25) is 10.0 Å². The van der Waals surface area contributed by atoms with E-state index in [9.17, 15) is 26.4 Å². The van der Waals surface area contributed by atoms with E-state index in [0.717, 1.165) is 50.0 Å². The molecular weight excluding hydrogens is 497 g/mol. The Bertz CT molecular complexity index is 1270. The smallest absolute Gasteiger partial charge is 0.324 e. The van der Waals surface area contributed by atoms with Crippen LogP contribution >= 0.6 is 0 Å². The van der Waals surface area contributed by atoms with Crippen LogP contribution in [0.3, 0.4) is 0 Å². The Labute approximate surface area is 206 Å². The standard InChI is InChI=1S/C23H27F3N6O3S/c24-23(25,26)17-2-1-3-19(6-17)36(34,35)28-9-15-10-30(11-15)21(33)31-12-22(13-31)7-18(8-22)32-14-27-20(29-32)16-4-5-16/h1-3,6,14-16,18,28H,4-5,7-13H2. The number of amides is 2. The number of carbonyl (C=O) groups excluding carboxylic acids is 1. The van der Waals surface area contributed by atoms with Crippen molar-refractivity contribution < 1.29 is 26.4 Å². The van der Waals surface area contributed by atoms with Gasteiger partial charge in [0.1, 0.15) is 6.33 Å². The molecule has 2 aliphatic carbocycles. The summed E-state index contributed by atoms with van der Waals surface area (Å²) in [5.41, 5.74) is -0.850. The number of carbonyl (C=O) groups is 1. The van der Waals surface area contributed by atoms with Crippen LogP contribution < -0.4 is 4.72 Å². The van der Waals surface area contributed by atoms with Gasteiger partial charge in [-0.1, -0.05) is 6.07 Å². The number of nitrogens with zero attached hydrogens (tertiary/aromatic N) is 5. The van der Waals surface area contributed by atoms with Gasteiger partial charge in [0, 0.05) is 50.0 Å². The zero-order valence-electron chi connectivity index (χ0n) is 19.5. The van der Waals surface area contributed by atoms with Gasteiger partial charge in [0.05, 0.1) is 16.5 Å². The molecule has 4 fully saturated rings. The summed E-state index contributed by atoms with van der Waals surface area (Å²) in [5, 5.41) is 4.62. The number of hydrogen-bond donors (Lipinski definition) is 1. The quantitative estimate of drug-likeness (QED) is 0.627. The van der Waals surface area contributed by atoms with Crippen LogP contribution in [0, 0.1) is 11.3 Å². The minimum Gasteiger partial charge on any atom is -0.324 e. The molecule has 36 heavy (non-hydrogen) atoms. The largest absolute Gasteiger partial charge is 0.416 e. The lowest BCUT2D eigenvalue weighted by molar-refractivity contribution is -0.137. The highest BCUT2D eigenvalue weighted by molar-refractivity contribution is 7.89. The molecule has 6 rings (SSSR count). The van der Waals surface area contributed by atoms with E-state index in [1.54, 1.807) is 4.90 Å². The topological polar surface area (TPSA) is 100 Å². The van der Waals surface area contributed by atoms with Crippen LogP contribution in [0.15, 0.2) is 35.5 Å². The minimum absolute atomic E-state index is 0.0437. The molecular formula is C23H27F3N6O3S. The van der Waals surface area contributed by atoms with Crippen molar-refractivity contribution in [3.63, 3.8) is 0 Å². The van der Waals surface area contributed by atoms with Crippen LogP contribution in [0.25, 0.3) is 0 Å². The highest BCUT2D eigenvalue weighted by Crippen LogP contribution is 2.54. The van der Waals surface area contributed by atoms with Gasteiger partial charge in [-0.2, -0.15) is 18.3 Å². The zero-order valence-corrected chi connectivity index (χ0v) is 20.3. The van der Waals surface area contributed by atoms with Crippen molar-refractivity contribution in [2.45, 2.75) is 48.7 Å². The van der Waals surface area contributed by atoms with E-state index in [2.05, 4.69) is 14.8 Å². The number of rotatable bonds is 6. The predicted octanol–water partition coefficient (Wildman–Crippen LogP) is 2.84. The van der Waals surface area contributed by atoms with Gasteiger partial charge in [-0.15, -0.1) is 0 Å². The molecule has 2 aromatic rings. The second-order valence-electron chi connectivity index (χ2n) is 10.7. The molecule has 1 aromatic heterocycles. The molecule has 2 aliphatic heterocycles. The Morgan fingerprint density at radius 1 is 1.14 bits per heavy atom. The van der Waals surface area contributed by atoms with Crippen molar-refractivity contribution in [2.24, 2.45) is 11.3 Å². The van der Waals surface area contributed by atoms with E-state index < -0.39 is 26.7 Å². The summed E-state index contributed by atoms with van der Waals surface area (Å²) in [5.74, 6) is 1.41. The summed E-state index contributed by atoms with van der Waals surface area (Å²) in [6.45, 7) is 2.33. The molecule has 1 spiro atoms. The van der Waals surface area contributed by atoms with Gasteiger partial charge >= 0.3 is 12.2 Å². The second-order valence-corrected chi connectivity index (χ2v) is 12.5. The third kappa shape index (κ3) is 4.36.